The number of aromatic nitrogens is 1. The zero-order valence-corrected chi connectivity index (χ0v) is 15.9. The number of nitrogens with zero attached hydrogens (tertiary/aromatic N) is 1. The van der Waals surface area contributed by atoms with Crippen molar-refractivity contribution < 1.29 is 9.53 Å². The maximum absolute atomic E-state index is 11.7. The molecule has 1 fully saturated rings. The summed E-state index contributed by atoms with van der Waals surface area (Å²) in [7, 11) is 0. The molecule has 2 heterocycles. The second-order valence-corrected chi connectivity index (χ2v) is 7.69. The molecule has 0 saturated carbocycles. The first-order valence-electron chi connectivity index (χ1n) is 8.60. The monoisotopic (exact) mass is 374 g/mol. The van der Waals surface area contributed by atoms with Crippen molar-refractivity contribution in [3.05, 3.63) is 43.7 Å². The van der Waals surface area contributed by atoms with Crippen LogP contribution in [0.2, 0.25) is 0 Å². The van der Waals surface area contributed by atoms with Gasteiger partial charge in [-0.25, -0.2) is 4.79 Å². The number of piperidine rings is 1. The van der Waals surface area contributed by atoms with Crippen molar-refractivity contribution in [2.45, 2.75) is 26.2 Å². The van der Waals surface area contributed by atoms with Crippen LogP contribution in [0.5, 0.6) is 0 Å². The first kappa shape index (κ1) is 17.9. The SMILES string of the molecule is CCOC(=O)/C=c1\[nH]c(=S)s\c1=C/c1ccc(N2CCCCC2)cc1. The molecule has 1 aliphatic rings. The highest BCUT2D eigenvalue weighted by molar-refractivity contribution is 7.73. The number of anilines is 1. The van der Waals surface area contributed by atoms with E-state index in [1.54, 1.807) is 6.92 Å². The third kappa shape index (κ3) is 4.80. The van der Waals surface area contributed by atoms with E-state index in [9.17, 15) is 4.79 Å². The zero-order chi connectivity index (χ0) is 17.6. The van der Waals surface area contributed by atoms with E-state index in [1.807, 2.05) is 6.08 Å². The highest BCUT2D eigenvalue weighted by Crippen LogP contribution is 2.20. The molecule has 6 heteroatoms. The van der Waals surface area contributed by atoms with E-state index in [0.29, 0.717) is 15.9 Å². The quantitative estimate of drug-likeness (QED) is 0.660. The Morgan fingerprint density at radius 3 is 2.68 bits per heavy atom. The first-order chi connectivity index (χ1) is 12.2. The van der Waals surface area contributed by atoms with Crippen LogP contribution in [0.4, 0.5) is 5.69 Å². The summed E-state index contributed by atoms with van der Waals surface area (Å²) in [5.74, 6) is -0.360. The van der Waals surface area contributed by atoms with Gasteiger partial charge in [0.15, 0.2) is 3.95 Å². The molecule has 25 heavy (non-hydrogen) atoms. The minimum atomic E-state index is -0.360. The van der Waals surface area contributed by atoms with E-state index in [4.69, 9.17) is 17.0 Å². The minimum absolute atomic E-state index is 0.358. The summed E-state index contributed by atoms with van der Waals surface area (Å²) >= 11 is 6.68. The summed E-state index contributed by atoms with van der Waals surface area (Å²) in [6, 6.07) is 8.55. The molecule has 0 aliphatic carbocycles. The minimum Gasteiger partial charge on any atom is -0.463 e. The van der Waals surface area contributed by atoms with Crippen LogP contribution in [-0.4, -0.2) is 30.6 Å². The predicted octanol–water partition coefficient (Wildman–Crippen LogP) is 2.97. The second-order valence-electron chi connectivity index (χ2n) is 5.97. The van der Waals surface area contributed by atoms with Crippen molar-refractivity contribution in [2.24, 2.45) is 0 Å². The van der Waals surface area contributed by atoms with Gasteiger partial charge in [-0.1, -0.05) is 12.1 Å². The number of benzene rings is 1. The highest BCUT2D eigenvalue weighted by atomic mass is 32.1. The van der Waals surface area contributed by atoms with Crippen molar-refractivity contribution in [2.75, 3.05) is 24.6 Å². The molecule has 0 spiro atoms. The first-order valence-corrected chi connectivity index (χ1v) is 9.82. The van der Waals surface area contributed by atoms with Crippen molar-refractivity contribution in [3.63, 3.8) is 0 Å². The van der Waals surface area contributed by atoms with E-state index < -0.39 is 0 Å². The number of hydrogen-bond donors (Lipinski definition) is 1. The van der Waals surface area contributed by atoms with Gasteiger partial charge in [-0.15, -0.1) is 11.3 Å². The number of aromatic amines is 1. The fourth-order valence-corrected chi connectivity index (χ4v) is 4.11. The molecular formula is C19H22N2O2S2. The van der Waals surface area contributed by atoms with E-state index in [1.165, 1.54) is 42.4 Å². The van der Waals surface area contributed by atoms with Gasteiger partial charge in [-0.3, -0.25) is 0 Å². The predicted molar refractivity (Wildman–Crippen MR) is 106 cm³/mol. The van der Waals surface area contributed by atoms with E-state index in [-0.39, 0.29) is 5.97 Å². The Morgan fingerprint density at radius 2 is 2.00 bits per heavy atom. The smallest absolute Gasteiger partial charge is 0.332 e. The summed E-state index contributed by atoms with van der Waals surface area (Å²) in [5.41, 5.74) is 2.36. The molecular weight excluding hydrogens is 352 g/mol. The Bertz CT molecular complexity index is 891. The molecule has 1 N–H and O–H groups in total. The summed E-state index contributed by atoms with van der Waals surface area (Å²) < 4.78 is 6.56. The topological polar surface area (TPSA) is 45.3 Å². The van der Waals surface area contributed by atoms with E-state index >= 15 is 0 Å². The lowest BCUT2D eigenvalue weighted by Crippen LogP contribution is -2.29. The molecule has 3 rings (SSSR count). The van der Waals surface area contributed by atoms with Gasteiger partial charge in [-0.05, 0) is 62.2 Å². The van der Waals surface area contributed by atoms with Gasteiger partial charge in [0.1, 0.15) is 0 Å². The Hall–Kier alpha value is -1.92. The number of nitrogens with one attached hydrogen (secondary N) is 1. The van der Waals surface area contributed by atoms with Gasteiger partial charge in [0.25, 0.3) is 0 Å². The van der Waals surface area contributed by atoms with E-state index in [0.717, 1.165) is 23.2 Å². The Balaban J connectivity index is 1.88. The number of H-pyrrole nitrogens is 1. The second kappa shape index (κ2) is 8.45. The van der Waals surface area contributed by atoms with Gasteiger partial charge >= 0.3 is 5.97 Å². The van der Waals surface area contributed by atoms with Crippen LogP contribution < -0.4 is 14.8 Å². The third-order valence-corrected chi connectivity index (χ3v) is 5.36. The van der Waals surface area contributed by atoms with E-state index in [2.05, 4.69) is 34.1 Å². The maximum Gasteiger partial charge on any atom is 0.332 e. The number of carbonyl (C=O) groups is 1. The van der Waals surface area contributed by atoms with Crippen LogP contribution in [0.25, 0.3) is 12.2 Å². The number of ether oxygens (including phenoxy) is 1. The van der Waals surface area contributed by atoms with Crippen molar-refractivity contribution in [1.29, 1.82) is 0 Å². The molecule has 0 unspecified atom stereocenters. The Labute approximate surface area is 156 Å². The summed E-state index contributed by atoms with van der Waals surface area (Å²) in [5, 5.41) is 0.702. The fraction of sp³-hybridized carbons (Fsp3) is 0.368. The summed E-state index contributed by atoms with van der Waals surface area (Å²) in [6.45, 7) is 4.43. The van der Waals surface area contributed by atoms with Crippen LogP contribution >= 0.6 is 23.6 Å². The van der Waals surface area contributed by atoms with Crippen LogP contribution in [-0.2, 0) is 9.53 Å². The maximum atomic E-state index is 11.7. The molecule has 0 radical (unpaired) electrons. The third-order valence-electron chi connectivity index (χ3n) is 4.17. The average Bonchev–Trinajstić information content (AvgIpc) is 2.95. The Kier molecular flexibility index (Phi) is 6.04. The van der Waals surface area contributed by atoms with Crippen LogP contribution in [0, 0.1) is 3.95 Å². The molecule has 1 aromatic heterocycles. The largest absolute Gasteiger partial charge is 0.463 e. The van der Waals surface area contributed by atoms with Gasteiger partial charge in [0.2, 0.25) is 0 Å². The van der Waals surface area contributed by atoms with Crippen molar-refractivity contribution in [3.8, 4) is 0 Å². The molecule has 0 atom stereocenters. The average molecular weight is 375 g/mol. The molecule has 1 aromatic carbocycles. The lowest BCUT2D eigenvalue weighted by atomic mass is 10.1. The molecule has 132 valence electrons. The van der Waals surface area contributed by atoms with Crippen molar-refractivity contribution >= 4 is 47.4 Å². The molecule has 1 aliphatic heterocycles. The van der Waals surface area contributed by atoms with Crippen molar-refractivity contribution in [1.82, 2.24) is 4.98 Å². The Morgan fingerprint density at radius 1 is 1.28 bits per heavy atom. The number of carbonyl (C=O) groups excluding carboxylic acids is 1. The molecule has 4 nitrogen and oxygen atoms in total. The summed E-state index contributed by atoms with van der Waals surface area (Å²) in [4.78, 5) is 17.2. The zero-order valence-electron chi connectivity index (χ0n) is 14.3. The standard InChI is InChI=1S/C19H22N2O2S2/c1-2-23-18(22)13-16-17(25-19(24)20-16)12-14-6-8-15(9-7-14)21-10-4-3-5-11-21/h6-9,12-13H,2-5,10-11H2,1H3,(H,20,24)/b16-13-,17-12-. The lowest BCUT2D eigenvalue weighted by molar-refractivity contribution is -0.135. The highest BCUT2D eigenvalue weighted by Gasteiger charge is 2.10. The normalized spacial score (nSPS) is 16.3. The van der Waals surface area contributed by atoms with Crippen LogP contribution in [0.3, 0.4) is 0 Å². The number of thiazole rings is 1. The summed E-state index contributed by atoms with van der Waals surface area (Å²) in [6.07, 6.45) is 7.38. The van der Waals surface area contributed by atoms with Gasteiger partial charge in [0.05, 0.1) is 16.5 Å². The molecule has 0 bridgehead atoms. The van der Waals surface area contributed by atoms with Gasteiger partial charge in [-0.2, -0.15) is 0 Å². The number of hydrogen-bond acceptors (Lipinski definition) is 5. The fourth-order valence-electron chi connectivity index (χ4n) is 2.95. The molecule has 2 aromatic rings. The van der Waals surface area contributed by atoms with Gasteiger partial charge < -0.3 is 14.6 Å². The number of esters is 1. The number of rotatable bonds is 4. The lowest BCUT2D eigenvalue weighted by Gasteiger charge is -2.28. The van der Waals surface area contributed by atoms with Crippen LogP contribution in [0.15, 0.2) is 24.3 Å². The molecule has 1 saturated heterocycles. The van der Waals surface area contributed by atoms with Gasteiger partial charge in [0, 0.05) is 24.9 Å². The molecule has 0 amide bonds. The van der Waals surface area contributed by atoms with Crippen LogP contribution in [0.1, 0.15) is 31.7 Å².